The molecule has 0 fully saturated rings. The Kier molecular flexibility index (Phi) is 4.88. The zero-order valence-corrected chi connectivity index (χ0v) is 13.2. The van der Waals surface area contributed by atoms with E-state index in [2.05, 4.69) is 10.6 Å². The molecule has 0 aromatic heterocycles. The normalized spacial score (nSPS) is 15.8. The second-order valence-corrected chi connectivity index (χ2v) is 5.56. The fourth-order valence-corrected chi connectivity index (χ4v) is 2.45. The van der Waals surface area contributed by atoms with Crippen molar-refractivity contribution in [3.8, 4) is 11.5 Å². The average Bonchev–Trinajstić information content (AvgIpc) is 2.59. The van der Waals surface area contributed by atoms with E-state index in [0.29, 0.717) is 30.5 Å². The largest absolute Gasteiger partial charge is 0.486 e. The molecule has 2 aromatic carbocycles. The first kappa shape index (κ1) is 15.5. The van der Waals surface area contributed by atoms with E-state index in [9.17, 15) is 4.79 Å². The van der Waals surface area contributed by atoms with Gasteiger partial charge in [0.25, 0.3) is 0 Å². The molecule has 23 heavy (non-hydrogen) atoms. The summed E-state index contributed by atoms with van der Waals surface area (Å²) >= 11 is 6.05. The molecule has 3 rings (SSSR count). The van der Waals surface area contributed by atoms with Gasteiger partial charge in [-0.3, -0.25) is 0 Å². The Bertz CT molecular complexity index is 693. The van der Waals surface area contributed by atoms with E-state index in [-0.39, 0.29) is 12.1 Å². The van der Waals surface area contributed by atoms with Gasteiger partial charge in [-0.05, 0) is 23.8 Å². The second kappa shape index (κ2) is 7.24. The van der Waals surface area contributed by atoms with Crippen LogP contribution in [-0.2, 0) is 6.54 Å². The van der Waals surface area contributed by atoms with Gasteiger partial charge in [-0.1, -0.05) is 41.9 Å². The molecule has 2 N–H and O–H groups in total. The number of amides is 2. The van der Waals surface area contributed by atoms with Gasteiger partial charge in [-0.2, -0.15) is 0 Å². The number of para-hydroxylation sites is 2. The molecule has 1 aliphatic heterocycles. The van der Waals surface area contributed by atoms with Crippen LogP contribution in [0, 0.1) is 0 Å². The van der Waals surface area contributed by atoms with Crippen LogP contribution in [0.4, 0.5) is 4.79 Å². The van der Waals surface area contributed by atoms with Crippen LogP contribution in [0.2, 0.25) is 5.02 Å². The molecule has 6 heteroatoms. The maximum Gasteiger partial charge on any atom is 0.315 e. The van der Waals surface area contributed by atoms with Crippen molar-refractivity contribution in [2.45, 2.75) is 12.6 Å². The number of hydrogen-bond acceptors (Lipinski definition) is 3. The highest BCUT2D eigenvalue weighted by atomic mass is 35.5. The third-order valence-corrected chi connectivity index (χ3v) is 3.82. The highest BCUT2D eigenvalue weighted by molar-refractivity contribution is 6.31. The summed E-state index contributed by atoms with van der Waals surface area (Å²) in [6, 6.07) is 14.6. The predicted octanol–water partition coefficient (Wildman–Crippen LogP) is 2.98. The monoisotopic (exact) mass is 332 g/mol. The predicted molar refractivity (Wildman–Crippen MR) is 88.0 cm³/mol. The lowest BCUT2D eigenvalue weighted by molar-refractivity contribution is 0.0918. The summed E-state index contributed by atoms with van der Waals surface area (Å²) in [6.07, 6.45) is -0.212. The average molecular weight is 333 g/mol. The Hall–Kier alpha value is -2.40. The van der Waals surface area contributed by atoms with Crippen molar-refractivity contribution in [3.63, 3.8) is 0 Å². The standard InChI is InChI=1S/C17H17ClN2O3/c18-14-6-2-1-5-12(14)9-19-17(21)20-10-13-11-22-15-7-3-4-8-16(15)23-13/h1-8,13H,9-11H2,(H2,19,20,21)/t13-/m0/s1. The minimum absolute atomic E-state index is 0.212. The zero-order valence-electron chi connectivity index (χ0n) is 12.4. The quantitative estimate of drug-likeness (QED) is 0.905. The van der Waals surface area contributed by atoms with Crippen molar-refractivity contribution in [3.05, 3.63) is 59.1 Å². The van der Waals surface area contributed by atoms with Crippen molar-refractivity contribution in [2.24, 2.45) is 0 Å². The summed E-state index contributed by atoms with van der Waals surface area (Å²) in [5, 5.41) is 6.18. The Morgan fingerprint density at radius 3 is 2.65 bits per heavy atom. The fraction of sp³-hybridized carbons (Fsp3) is 0.235. The summed E-state index contributed by atoms with van der Waals surface area (Å²) in [7, 11) is 0. The van der Waals surface area contributed by atoms with Gasteiger partial charge in [0.05, 0.1) is 6.54 Å². The summed E-state index contributed by atoms with van der Waals surface area (Å²) in [6.45, 7) is 1.14. The first-order chi connectivity index (χ1) is 11.2. The molecule has 0 bridgehead atoms. The van der Waals surface area contributed by atoms with Crippen molar-refractivity contribution in [1.82, 2.24) is 10.6 Å². The molecule has 0 radical (unpaired) electrons. The molecule has 120 valence electrons. The zero-order chi connectivity index (χ0) is 16.1. The number of benzene rings is 2. The number of nitrogens with one attached hydrogen (secondary N) is 2. The lowest BCUT2D eigenvalue weighted by Gasteiger charge is -2.26. The van der Waals surface area contributed by atoms with Crippen molar-refractivity contribution < 1.29 is 14.3 Å². The summed E-state index contributed by atoms with van der Waals surface area (Å²) in [5.74, 6) is 1.42. The Morgan fingerprint density at radius 2 is 1.83 bits per heavy atom. The number of carbonyl (C=O) groups excluding carboxylic acids is 1. The minimum Gasteiger partial charge on any atom is -0.486 e. The number of ether oxygens (including phenoxy) is 2. The van der Waals surface area contributed by atoms with E-state index in [1.165, 1.54) is 0 Å². The molecule has 1 heterocycles. The Morgan fingerprint density at radius 1 is 1.09 bits per heavy atom. The smallest absolute Gasteiger partial charge is 0.315 e. The molecule has 0 saturated heterocycles. The number of hydrogen-bond donors (Lipinski definition) is 2. The van der Waals surface area contributed by atoms with Crippen LogP contribution in [0.3, 0.4) is 0 Å². The van der Waals surface area contributed by atoms with Crippen LogP contribution in [0.1, 0.15) is 5.56 Å². The number of halogens is 1. The van der Waals surface area contributed by atoms with Crippen LogP contribution in [-0.4, -0.2) is 25.3 Å². The minimum atomic E-state index is -0.271. The molecule has 0 saturated carbocycles. The summed E-state index contributed by atoms with van der Waals surface area (Å²) in [5.41, 5.74) is 0.871. The molecular weight excluding hydrogens is 316 g/mol. The van der Waals surface area contributed by atoms with Gasteiger partial charge in [0.1, 0.15) is 6.61 Å². The number of fused-ring (bicyclic) bond motifs is 1. The van der Waals surface area contributed by atoms with Gasteiger partial charge in [-0.25, -0.2) is 4.79 Å². The topological polar surface area (TPSA) is 59.6 Å². The van der Waals surface area contributed by atoms with E-state index in [1.54, 1.807) is 6.07 Å². The lowest BCUT2D eigenvalue weighted by Crippen LogP contribution is -2.44. The molecule has 0 spiro atoms. The first-order valence-electron chi connectivity index (χ1n) is 7.36. The van der Waals surface area contributed by atoms with Gasteiger partial charge < -0.3 is 20.1 Å². The number of rotatable bonds is 4. The summed E-state index contributed by atoms with van der Waals surface area (Å²) < 4.78 is 11.4. The number of urea groups is 1. The molecular formula is C17H17ClN2O3. The molecule has 0 unspecified atom stereocenters. The third-order valence-electron chi connectivity index (χ3n) is 3.46. The van der Waals surface area contributed by atoms with Gasteiger partial charge in [0.15, 0.2) is 17.6 Å². The SMILES string of the molecule is O=C(NCc1ccccc1Cl)NC[C@H]1COc2ccccc2O1. The van der Waals surface area contributed by atoms with Crippen molar-refractivity contribution in [1.29, 1.82) is 0 Å². The van der Waals surface area contributed by atoms with Crippen LogP contribution in [0.5, 0.6) is 11.5 Å². The molecule has 5 nitrogen and oxygen atoms in total. The number of carbonyl (C=O) groups is 1. The Labute approximate surface area is 139 Å². The van der Waals surface area contributed by atoms with E-state index in [1.807, 2.05) is 42.5 Å². The fourth-order valence-electron chi connectivity index (χ4n) is 2.25. The van der Waals surface area contributed by atoms with Crippen molar-refractivity contribution >= 4 is 17.6 Å². The lowest BCUT2D eigenvalue weighted by atomic mass is 10.2. The van der Waals surface area contributed by atoms with Crippen LogP contribution < -0.4 is 20.1 Å². The molecule has 1 atom stereocenters. The van der Waals surface area contributed by atoms with Crippen molar-refractivity contribution in [2.75, 3.05) is 13.2 Å². The van der Waals surface area contributed by atoms with Gasteiger partial charge in [-0.15, -0.1) is 0 Å². The molecule has 2 aromatic rings. The maximum atomic E-state index is 11.9. The van der Waals surface area contributed by atoms with Gasteiger partial charge >= 0.3 is 6.03 Å². The highest BCUT2D eigenvalue weighted by Crippen LogP contribution is 2.30. The van der Waals surface area contributed by atoms with E-state index < -0.39 is 0 Å². The molecule has 2 amide bonds. The van der Waals surface area contributed by atoms with Crippen LogP contribution in [0.25, 0.3) is 0 Å². The summed E-state index contributed by atoms with van der Waals surface area (Å²) in [4.78, 5) is 11.9. The third kappa shape index (κ3) is 4.07. The van der Waals surface area contributed by atoms with Gasteiger partial charge in [0.2, 0.25) is 0 Å². The van der Waals surface area contributed by atoms with Gasteiger partial charge in [0, 0.05) is 11.6 Å². The van der Waals surface area contributed by atoms with Crippen LogP contribution >= 0.6 is 11.6 Å². The van der Waals surface area contributed by atoms with E-state index in [4.69, 9.17) is 21.1 Å². The van der Waals surface area contributed by atoms with Crippen LogP contribution in [0.15, 0.2) is 48.5 Å². The molecule has 0 aliphatic carbocycles. The molecule has 1 aliphatic rings. The second-order valence-electron chi connectivity index (χ2n) is 5.15. The maximum absolute atomic E-state index is 11.9. The first-order valence-corrected chi connectivity index (χ1v) is 7.74. The van der Waals surface area contributed by atoms with E-state index >= 15 is 0 Å². The van der Waals surface area contributed by atoms with E-state index in [0.717, 1.165) is 11.3 Å². The Balaban J connectivity index is 1.44. The highest BCUT2D eigenvalue weighted by Gasteiger charge is 2.20.